The zero-order chi connectivity index (χ0) is 21.6. The number of sulfone groups is 1. The molecule has 0 N–H and O–H groups in total. The Bertz CT molecular complexity index is 923. The number of carbonyl (C=O) groups is 1. The second-order valence-corrected chi connectivity index (χ2v) is 10.1. The number of rotatable bonds is 9. The van der Waals surface area contributed by atoms with Crippen LogP contribution in [0.25, 0.3) is 11.1 Å². The minimum atomic E-state index is -3.04. The monoisotopic (exact) mass is 428 g/mol. The molecular formula is C24H32N2O3S. The van der Waals surface area contributed by atoms with Crippen LogP contribution in [0.5, 0.6) is 0 Å². The van der Waals surface area contributed by atoms with E-state index in [1.54, 1.807) is 0 Å². The number of benzene rings is 2. The van der Waals surface area contributed by atoms with Gasteiger partial charge in [-0.3, -0.25) is 4.79 Å². The summed E-state index contributed by atoms with van der Waals surface area (Å²) in [6.07, 6.45) is 0.836. The Morgan fingerprint density at radius 2 is 1.57 bits per heavy atom. The molecule has 1 unspecified atom stereocenters. The van der Waals surface area contributed by atoms with Crippen molar-refractivity contribution in [3.8, 4) is 11.1 Å². The van der Waals surface area contributed by atoms with Crippen LogP contribution in [0, 0.1) is 0 Å². The number of hydrogen-bond acceptors (Lipinski definition) is 4. The van der Waals surface area contributed by atoms with Gasteiger partial charge in [-0.25, -0.2) is 8.42 Å². The van der Waals surface area contributed by atoms with Crippen molar-refractivity contribution >= 4 is 15.7 Å². The summed E-state index contributed by atoms with van der Waals surface area (Å²) in [4.78, 5) is 17.2. The zero-order valence-electron chi connectivity index (χ0n) is 18.0. The van der Waals surface area contributed by atoms with Crippen LogP contribution >= 0.6 is 0 Å². The van der Waals surface area contributed by atoms with E-state index in [1.807, 2.05) is 47.4 Å². The van der Waals surface area contributed by atoms with E-state index in [0.29, 0.717) is 19.4 Å². The van der Waals surface area contributed by atoms with E-state index < -0.39 is 9.84 Å². The van der Waals surface area contributed by atoms with Gasteiger partial charge in [0.15, 0.2) is 9.84 Å². The number of hydrogen-bond donors (Lipinski definition) is 0. The highest BCUT2D eigenvalue weighted by Crippen LogP contribution is 2.21. The van der Waals surface area contributed by atoms with Crippen molar-refractivity contribution in [2.75, 3.05) is 37.7 Å². The predicted molar refractivity (Wildman–Crippen MR) is 122 cm³/mol. The van der Waals surface area contributed by atoms with E-state index in [2.05, 4.69) is 30.9 Å². The van der Waals surface area contributed by atoms with E-state index >= 15 is 0 Å². The molecule has 30 heavy (non-hydrogen) atoms. The lowest BCUT2D eigenvalue weighted by molar-refractivity contribution is -0.132. The number of amides is 1. The van der Waals surface area contributed by atoms with Gasteiger partial charge in [0, 0.05) is 19.1 Å². The third-order valence-electron chi connectivity index (χ3n) is 5.94. The van der Waals surface area contributed by atoms with E-state index in [1.165, 1.54) is 0 Å². The number of likely N-dealkylation sites (N-methyl/N-ethyl adjacent to an activating group) is 1. The molecule has 0 aliphatic carbocycles. The maximum atomic E-state index is 13.2. The topological polar surface area (TPSA) is 57.7 Å². The largest absolute Gasteiger partial charge is 0.337 e. The second-order valence-electron chi connectivity index (χ2n) is 7.91. The lowest BCUT2D eigenvalue weighted by atomic mass is 10.0. The van der Waals surface area contributed by atoms with E-state index in [4.69, 9.17) is 0 Å². The third-order valence-corrected chi connectivity index (χ3v) is 7.69. The normalized spacial score (nSPS) is 17.9. The molecule has 2 aromatic rings. The molecule has 0 bridgehead atoms. The highest BCUT2D eigenvalue weighted by atomic mass is 32.2. The van der Waals surface area contributed by atoms with Crippen LogP contribution in [0.15, 0.2) is 54.6 Å². The molecule has 1 aliphatic heterocycles. The molecule has 0 saturated carbocycles. The smallest absolute Gasteiger partial charge is 0.227 e. The fourth-order valence-electron chi connectivity index (χ4n) is 4.04. The average molecular weight is 429 g/mol. The van der Waals surface area contributed by atoms with Gasteiger partial charge in [-0.15, -0.1) is 0 Å². The summed E-state index contributed by atoms with van der Waals surface area (Å²) in [5, 5.41) is 0. The van der Waals surface area contributed by atoms with Crippen LogP contribution < -0.4 is 0 Å². The van der Waals surface area contributed by atoms with Gasteiger partial charge in [-0.2, -0.15) is 0 Å². The van der Waals surface area contributed by atoms with Gasteiger partial charge in [-0.05, 0) is 36.2 Å². The Morgan fingerprint density at radius 3 is 2.13 bits per heavy atom. The third kappa shape index (κ3) is 5.92. The van der Waals surface area contributed by atoms with E-state index in [-0.39, 0.29) is 23.5 Å². The minimum absolute atomic E-state index is 0.0108. The van der Waals surface area contributed by atoms with Crippen molar-refractivity contribution in [2.45, 2.75) is 32.7 Å². The van der Waals surface area contributed by atoms with Crippen LogP contribution in [0.4, 0.5) is 0 Å². The summed E-state index contributed by atoms with van der Waals surface area (Å²) in [6.45, 7) is 7.38. The van der Waals surface area contributed by atoms with Crippen LogP contribution in [0.2, 0.25) is 0 Å². The van der Waals surface area contributed by atoms with Crippen molar-refractivity contribution in [1.82, 2.24) is 9.80 Å². The average Bonchev–Trinajstić information content (AvgIpc) is 3.11. The van der Waals surface area contributed by atoms with Crippen LogP contribution in [0.1, 0.15) is 25.8 Å². The SMILES string of the molecule is CCN(CC)CCN(C(=O)Cc1ccc(-c2ccccc2)cc1)C1CCS(=O)(=O)C1. The molecule has 0 spiro atoms. The molecule has 1 fully saturated rings. The molecule has 0 radical (unpaired) electrons. The minimum Gasteiger partial charge on any atom is -0.337 e. The molecule has 3 rings (SSSR count). The molecular weight excluding hydrogens is 396 g/mol. The first kappa shape index (κ1) is 22.5. The molecule has 1 atom stereocenters. The molecule has 5 nitrogen and oxygen atoms in total. The van der Waals surface area contributed by atoms with Gasteiger partial charge in [0.1, 0.15) is 0 Å². The van der Waals surface area contributed by atoms with Crippen molar-refractivity contribution in [1.29, 1.82) is 0 Å². The van der Waals surface area contributed by atoms with E-state index in [9.17, 15) is 13.2 Å². The van der Waals surface area contributed by atoms with Gasteiger partial charge in [-0.1, -0.05) is 68.4 Å². The summed E-state index contributed by atoms with van der Waals surface area (Å²) < 4.78 is 24.0. The summed E-state index contributed by atoms with van der Waals surface area (Å²) in [5.41, 5.74) is 3.22. The summed E-state index contributed by atoms with van der Waals surface area (Å²) in [6, 6.07) is 18.0. The highest BCUT2D eigenvalue weighted by Gasteiger charge is 2.34. The van der Waals surface area contributed by atoms with Gasteiger partial charge < -0.3 is 9.80 Å². The van der Waals surface area contributed by atoms with Gasteiger partial charge in [0.2, 0.25) is 5.91 Å². The molecule has 1 saturated heterocycles. The Balaban J connectivity index is 1.70. The molecule has 1 heterocycles. The quantitative estimate of drug-likeness (QED) is 0.615. The van der Waals surface area contributed by atoms with Gasteiger partial charge in [0.05, 0.1) is 17.9 Å². The maximum absolute atomic E-state index is 13.2. The Morgan fingerprint density at radius 1 is 0.933 bits per heavy atom. The Kier molecular flexibility index (Phi) is 7.67. The summed E-state index contributed by atoms with van der Waals surface area (Å²) in [5.74, 6) is 0.277. The standard InChI is InChI=1S/C24H32N2O3S/c1-3-25(4-2)15-16-26(23-14-17-30(28,29)19-23)24(27)18-20-10-12-22(13-11-20)21-8-6-5-7-9-21/h5-13,23H,3-4,14-19H2,1-2H3. The molecule has 162 valence electrons. The second kappa shape index (κ2) is 10.2. The Labute approximate surface area is 180 Å². The fraction of sp³-hybridized carbons (Fsp3) is 0.458. The maximum Gasteiger partial charge on any atom is 0.227 e. The van der Waals surface area contributed by atoms with Gasteiger partial charge >= 0.3 is 0 Å². The Hall–Kier alpha value is -2.18. The van der Waals surface area contributed by atoms with Crippen LogP contribution in [-0.2, 0) is 21.1 Å². The van der Waals surface area contributed by atoms with Crippen LogP contribution in [0.3, 0.4) is 0 Å². The molecule has 1 aliphatic rings. The first-order valence-corrected chi connectivity index (χ1v) is 12.6. The number of nitrogens with zero attached hydrogens (tertiary/aromatic N) is 2. The van der Waals surface area contributed by atoms with E-state index in [0.717, 1.165) is 36.3 Å². The lowest BCUT2D eigenvalue weighted by Gasteiger charge is -2.31. The zero-order valence-corrected chi connectivity index (χ0v) is 18.8. The molecule has 0 aromatic heterocycles. The summed E-state index contributed by atoms with van der Waals surface area (Å²) >= 11 is 0. The molecule has 6 heteroatoms. The predicted octanol–water partition coefficient (Wildman–Crippen LogP) is 3.25. The van der Waals surface area contributed by atoms with Gasteiger partial charge in [0.25, 0.3) is 0 Å². The summed E-state index contributed by atoms with van der Waals surface area (Å²) in [7, 11) is -3.04. The highest BCUT2D eigenvalue weighted by molar-refractivity contribution is 7.91. The van der Waals surface area contributed by atoms with Crippen molar-refractivity contribution < 1.29 is 13.2 Å². The van der Waals surface area contributed by atoms with Crippen molar-refractivity contribution in [3.63, 3.8) is 0 Å². The fourth-order valence-corrected chi connectivity index (χ4v) is 5.77. The first-order chi connectivity index (χ1) is 14.4. The lowest BCUT2D eigenvalue weighted by Crippen LogP contribution is -2.46. The van der Waals surface area contributed by atoms with Crippen molar-refractivity contribution in [3.05, 3.63) is 60.2 Å². The molecule has 2 aromatic carbocycles. The molecule has 1 amide bonds. The van der Waals surface area contributed by atoms with Crippen LogP contribution in [-0.4, -0.2) is 67.9 Å². The number of carbonyl (C=O) groups excluding carboxylic acids is 1. The van der Waals surface area contributed by atoms with Crippen molar-refractivity contribution in [2.24, 2.45) is 0 Å². The first-order valence-electron chi connectivity index (χ1n) is 10.8.